The molecule has 6 heteroatoms. The first kappa shape index (κ1) is 14.5. The zero-order valence-electron chi connectivity index (χ0n) is 13.8. The van der Waals surface area contributed by atoms with Crippen LogP contribution in [0.15, 0.2) is 24.3 Å². The smallest absolute Gasteiger partial charge is 0.194 e. The second-order valence-electron chi connectivity index (χ2n) is 6.48. The number of aromatic nitrogens is 4. The maximum absolute atomic E-state index is 4.72. The number of benzene rings is 1. The van der Waals surface area contributed by atoms with Crippen molar-refractivity contribution in [1.29, 1.82) is 0 Å². The van der Waals surface area contributed by atoms with Gasteiger partial charge in [0, 0.05) is 5.39 Å². The lowest BCUT2D eigenvalue weighted by molar-refractivity contribution is -1.02. The van der Waals surface area contributed by atoms with Gasteiger partial charge >= 0.3 is 0 Å². The summed E-state index contributed by atoms with van der Waals surface area (Å²) in [5, 5.41) is 10.0. The molecule has 0 unspecified atom stereocenters. The lowest BCUT2D eigenvalue weighted by Gasteiger charge is -2.28. The summed E-state index contributed by atoms with van der Waals surface area (Å²) in [6.07, 6.45) is 0. The molecule has 0 atom stereocenters. The lowest BCUT2D eigenvalue weighted by atomic mass is 10.2. The highest BCUT2D eigenvalue weighted by Gasteiger charge is 2.24. The van der Waals surface area contributed by atoms with E-state index in [9.17, 15) is 0 Å². The molecule has 3 heterocycles. The number of rotatable bonds is 3. The van der Waals surface area contributed by atoms with Crippen LogP contribution in [-0.2, 0) is 6.54 Å². The maximum atomic E-state index is 4.72. The zero-order valence-corrected chi connectivity index (χ0v) is 13.8. The molecular formula is C17H24N6+2. The highest BCUT2D eigenvalue weighted by Crippen LogP contribution is 2.18. The van der Waals surface area contributed by atoms with Gasteiger partial charge in [-0.1, -0.05) is 12.1 Å². The van der Waals surface area contributed by atoms with E-state index in [1.165, 1.54) is 32.7 Å². The van der Waals surface area contributed by atoms with Gasteiger partial charge in [0.25, 0.3) is 0 Å². The number of piperazine rings is 1. The van der Waals surface area contributed by atoms with E-state index in [1.54, 1.807) is 9.80 Å². The predicted molar refractivity (Wildman–Crippen MR) is 88.7 cm³/mol. The summed E-state index contributed by atoms with van der Waals surface area (Å²) in [5.41, 5.74) is 1.92. The first-order valence-electron chi connectivity index (χ1n) is 8.52. The zero-order chi connectivity index (χ0) is 15.8. The molecule has 120 valence electrons. The molecule has 0 bridgehead atoms. The number of nitrogens with zero attached hydrogens (tertiary/aromatic N) is 4. The van der Waals surface area contributed by atoms with Crippen LogP contribution in [0.3, 0.4) is 0 Å². The maximum Gasteiger partial charge on any atom is 0.194 e. The number of hydrogen-bond donors (Lipinski definition) is 2. The SMILES string of the molecule is CC[NH+]1CC[NH+](Cc2nnc3c4ccccc4nc(C)n23)CC1. The van der Waals surface area contributed by atoms with Gasteiger partial charge in [-0.25, -0.2) is 4.98 Å². The van der Waals surface area contributed by atoms with Gasteiger partial charge in [0.05, 0.1) is 12.1 Å². The van der Waals surface area contributed by atoms with E-state index in [2.05, 4.69) is 27.6 Å². The van der Waals surface area contributed by atoms with E-state index in [0.717, 1.165) is 34.7 Å². The fourth-order valence-corrected chi connectivity index (χ4v) is 3.64. The fourth-order valence-electron chi connectivity index (χ4n) is 3.64. The largest absolute Gasteiger partial charge is 0.326 e. The molecule has 1 aliphatic heterocycles. The number of nitrogens with one attached hydrogen (secondary N) is 2. The number of quaternary nitrogens is 2. The average Bonchev–Trinajstić information content (AvgIpc) is 3.00. The predicted octanol–water partition coefficient (Wildman–Crippen LogP) is -1.11. The Labute approximate surface area is 135 Å². The molecule has 2 aromatic heterocycles. The Kier molecular flexibility index (Phi) is 3.71. The van der Waals surface area contributed by atoms with Crippen LogP contribution in [0.25, 0.3) is 16.6 Å². The fraction of sp³-hybridized carbons (Fsp3) is 0.471. The van der Waals surface area contributed by atoms with Gasteiger partial charge in [-0.2, -0.15) is 0 Å². The Morgan fingerprint density at radius 3 is 2.57 bits per heavy atom. The molecule has 4 rings (SSSR count). The Morgan fingerprint density at radius 1 is 1.04 bits per heavy atom. The van der Waals surface area contributed by atoms with E-state index < -0.39 is 0 Å². The third-order valence-corrected chi connectivity index (χ3v) is 5.05. The van der Waals surface area contributed by atoms with Gasteiger partial charge < -0.3 is 9.80 Å². The van der Waals surface area contributed by atoms with Gasteiger partial charge in [-0.3, -0.25) is 4.40 Å². The summed E-state index contributed by atoms with van der Waals surface area (Å²) in [6.45, 7) is 11.4. The van der Waals surface area contributed by atoms with Crippen molar-refractivity contribution in [3.63, 3.8) is 0 Å². The van der Waals surface area contributed by atoms with E-state index >= 15 is 0 Å². The molecule has 0 radical (unpaired) electrons. The normalized spacial score (nSPS) is 22.0. The first-order valence-corrected chi connectivity index (χ1v) is 8.52. The number of aryl methyl sites for hydroxylation is 1. The lowest BCUT2D eigenvalue weighted by Crippen LogP contribution is -3.27. The van der Waals surface area contributed by atoms with Crippen molar-refractivity contribution in [2.45, 2.75) is 20.4 Å². The van der Waals surface area contributed by atoms with E-state index in [-0.39, 0.29) is 0 Å². The van der Waals surface area contributed by atoms with Crippen LogP contribution in [-0.4, -0.2) is 52.3 Å². The second kappa shape index (κ2) is 5.86. The quantitative estimate of drug-likeness (QED) is 0.645. The van der Waals surface area contributed by atoms with Crippen molar-refractivity contribution in [3.05, 3.63) is 35.9 Å². The molecule has 0 spiro atoms. The number of likely N-dealkylation sites (N-methyl/N-ethyl adjacent to an activating group) is 1. The summed E-state index contributed by atoms with van der Waals surface area (Å²) in [7, 11) is 0. The molecular weight excluding hydrogens is 288 g/mol. The molecule has 1 aliphatic rings. The Hall–Kier alpha value is -2.05. The standard InChI is InChI=1S/C17H22N6/c1-3-21-8-10-22(11-9-21)12-16-19-20-17-14-6-4-5-7-15(14)18-13(2)23(16)17/h4-7H,3,8-12H2,1-2H3/p+2. The van der Waals surface area contributed by atoms with Crippen LogP contribution < -0.4 is 9.80 Å². The van der Waals surface area contributed by atoms with Crippen LogP contribution >= 0.6 is 0 Å². The molecule has 0 aliphatic carbocycles. The third kappa shape index (κ3) is 2.58. The first-order chi connectivity index (χ1) is 11.3. The summed E-state index contributed by atoms with van der Waals surface area (Å²) in [4.78, 5) is 8.04. The van der Waals surface area contributed by atoms with E-state index in [4.69, 9.17) is 4.98 Å². The summed E-state index contributed by atoms with van der Waals surface area (Å²) < 4.78 is 2.13. The van der Waals surface area contributed by atoms with Crippen molar-refractivity contribution < 1.29 is 9.80 Å². The Bertz CT molecular complexity index is 832. The summed E-state index contributed by atoms with van der Waals surface area (Å²) >= 11 is 0. The number of hydrogen-bond acceptors (Lipinski definition) is 3. The van der Waals surface area contributed by atoms with Crippen molar-refractivity contribution in [2.24, 2.45) is 0 Å². The minimum atomic E-state index is 0.930. The summed E-state index contributed by atoms with van der Waals surface area (Å²) in [5.74, 6) is 2.00. The van der Waals surface area contributed by atoms with Gasteiger partial charge in [0.2, 0.25) is 0 Å². The van der Waals surface area contributed by atoms with Crippen molar-refractivity contribution >= 4 is 16.6 Å². The Balaban J connectivity index is 1.67. The van der Waals surface area contributed by atoms with Crippen LogP contribution in [0.5, 0.6) is 0 Å². The Morgan fingerprint density at radius 2 is 1.78 bits per heavy atom. The topological polar surface area (TPSA) is 52.0 Å². The van der Waals surface area contributed by atoms with E-state index in [0.29, 0.717) is 0 Å². The average molecular weight is 312 g/mol. The van der Waals surface area contributed by atoms with Crippen LogP contribution in [0.4, 0.5) is 0 Å². The molecule has 1 aromatic carbocycles. The highest BCUT2D eigenvalue weighted by molar-refractivity contribution is 5.91. The van der Waals surface area contributed by atoms with E-state index in [1.807, 2.05) is 25.1 Å². The third-order valence-electron chi connectivity index (χ3n) is 5.05. The molecule has 0 amide bonds. The van der Waals surface area contributed by atoms with Crippen LogP contribution in [0.1, 0.15) is 18.6 Å². The van der Waals surface area contributed by atoms with Gasteiger partial charge in [-0.15, -0.1) is 10.2 Å². The minimum absolute atomic E-state index is 0.930. The molecule has 2 N–H and O–H groups in total. The minimum Gasteiger partial charge on any atom is -0.326 e. The highest BCUT2D eigenvalue weighted by atomic mass is 15.3. The van der Waals surface area contributed by atoms with Crippen molar-refractivity contribution in [3.8, 4) is 0 Å². The molecule has 3 aromatic rings. The van der Waals surface area contributed by atoms with Gasteiger partial charge in [0.1, 0.15) is 38.5 Å². The number of fused-ring (bicyclic) bond motifs is 3. The molecule has 23 heavy (non-hydrogen) atoms. The number of para-hydroxylation sites is 1. The van der Waals surface area contributed by atoms with Crippen LogP contribution in [0.2, 0.25) is 0 Å². The molecule has 0 saturated carbocycles. The van der Waals surface area contributed by atoms with Gasteiger partial charge in [-0.05, 0) is 26.0 Å². The second-order valence-corrected chi connectivity index (χ2v) is 6.48. The monoisotopic (exact) mass is 312 g/mol. The van der Waals surface area contributed by atoms with Gasteiger partial charge in [0.15, 0.2) is 11.5 Å². The molecule has 1 saturated heterocycles. The van der Waals surface area contributed by atoms with Crippen molar-refractivity contribution in [1.82, 2.24) is 19.6 Å². The van der Waals surface area contributed by atoms with Crippen molar-refractivity contribution in [2.75, 3.05) is 32.7 Å². The molecule has 6 nitrogen and oxygen atoms in total. The molecule has 1 fully saturated rings. The summed E-state index contributed by atoms with van der Waals surface area (Å²) in [6, 6.07) is 8.16. The van der Waals surface area contributed by atoms with Crippen LogP contribution in [0, 0.1) is 6.92 Å².